The minimum absolute atomic E-state index is 0.173. The van der Waals surface area contributed by atoms with Crippen molar-refractivity contribution in [3.05, 3.63) is 65.9 Å². The highest BCUT2D eigenvalue weighted by molar-refractivity contribution is 6.21. The lowest BCUT2D eigenvalue weighted by Crippen LogP contribution is -2.92. The number of ether oxygens (including phenoxy) is 1. The fraction of sp³-hybridized carbons (Fsp3) is 0.261. The van der Waals surface area contributed by atoms with Crippen LogP contribution in [0.5, 0.6) is 0 Å². The molecule has 1 aliphatic rings. The van der Waals surface area contributed by atoms with E-state index in [-0.39, 0.29) is 18.2 Å². The van der Waals surface area contributed by atoms with E-state index in [1.165, 1.54) is 15.8 Å². The number of anilines is 1. The molecule has 7 nitrogen and oxygen atoms in total. The molecule has 1 atom stereocenters. The number of rotatable bonds is 7. The zero-order valence-electron chi connectivity index (χ0n) is 16.8. The Labute approximate surface area is 174 Å². The number of amides is 2. The number of nitrogens with two attached hydrogens (primary N) is 1. The van der Waals surface area contributed by atoms with Crippen LogP contribution in [-0.2, 0) is 20.7 Å². The van der Waals surface area contributed by atoms with Crippen LogP contribution < -0.4 is 10.2 Å². The van der Waals surface area contributed by atoms with Crippen LogP contribution in [-0.4, -0.2) is 42.0 Å². The average Bonchev–Trinajstić information content (AvgIpc) is 3.29. The third kappa shape index (κ3) is 3.84. The monoisotopic (exact) mass is 406 g/mol. The van der Waals surface area contributed by atoms with Gasteiger partial charge in [0, 0.05) is 23.5 Å². The van der Waals surface area contributed by atoms with Gasteiger partial charge in [-0.05, 0) is 42.8 Å². The van der Waals surface area contributed by atoms with Crippen molar-refractivity contribution in [2.75, 3.05) is 18.1 Å². The quantitative estimate of drug-likeness (QED) is 0.462. The summed E-state index contributed by atoms with van der Waals surface area (Å²) in [6.45, 7) is 2.74. The molecule has 1 saturated heterocycles. The largest absolute Gasteiger partial charge is 0.462 e. The zero-order chi connectivity index (χ0) is 21.1. The number of benzene rings is 2. The molecule has 0 radical (unpaired) electrons. The maximum absolute atomic E-state index is 12.8. The van der Waals surface area contributed by atoms with Gasteiger partial charge in [0.25, 0.3) is 5.91 Å². The Hall–Kier alpha value is -3.45. The smallest absolute Gasteiger partial charge is 0.338 e. The van der Waals surface area contributed by atoms with Gasteiger partial charge in [-0.1, -0.05) is 18.2 Å². The summed E-state index contributed by atoms with van der Waals surface area (Å²) in [6, 6.07) is 14.0. The second-order valence-electron chi connectivity index (χ2n) is 7.28. The van der Waals surface area contributed by atoms with Crippen LogP contribution in [0.4, 0.5) is 5.69 Å². The highest BCUT2D eigenvalue weighted by Gasteiger charge is 2.42. The summed E-state index contributed by atoms with van der Waals surface area (Å²) in [7, 11) is 0. The number of aromatic nitrogens is 1. The molecular formula is C23H24N3O4+. The number of carbonyl (C=O) groups is 3. The molecule has 1 fully saturated rings. The number of H-pyrrole nitrogens is 1. The lowest BCUT2D eigenvalue weighted by molar-refractivity contribution is -0.674. The topological polar surface area (TPSA) is 96.1 Å². The van der Waals surface area contributed by atoms with E-state index in [0.29, 0.717) is 24.4 Å². The summed E-state index contributed by atoms with van der Waals surface area (Å²) in [5.41, 5.74) is 3.16. The molecule has 2 aromatic carbocycles. The SMILES string of the molecule is CCOC(=O)c1ccc(N2C(=O)C[C@@H]([NH2+]CCc3c[nH]c4ccccc34)C2=O)cc1. The van der Waals surface area contributed by atoms with Gasteiger partial charge in [0.2, 0.25) is 5.91 Å². The Bertz CT molecular complexity index is 1090. The number of nitrogens with one attached hydrogen (secondary N) is 1. The van der Waals surface area contributed by atoms with Crippen LogP contribution in [0.15, 0.2) is 54.7 Å². The molecule has 3 aromatic rings. The van der Waals surface area contributed by atoms with Crippen LogP contribution in [0.2, 0.25) is 0 Å². The van der Waals surface area contributed by atoms with E-state index >= 15 is 0 Å². The second kappa shape index (κ2) is 8.51. The summed E-state index contributed by atoms with van der Waals surface area (Å²) in [5.74, 6) is -0.869. The number of hydrogen-bond acceptors (Lipinski definition) is 4. The summed E-state index contributed by atoms with van der Waals surface area (Å²) in [5, 5.41) is 3.12. The molecule has 3 N–H and O–H groups in total. The van der Waals surface area contributed by atoms with E-state index < -0.39 is 12.0 Å². The number of nitrogens with zero attached hydrogens (tertiary/aromatic N) is 1. The Morgan fingerprint density at radius 2 is 1.93 bits per heavy atom. The molecule has 0 aliphatic carbocycles. The first kappa shape index (κ1) is 19.8. The molecule has 0 spiro atoms. The van der Waals surface area contributed by atoms with Crippen molar-refractivity contribution in [1.29, 1.82) is 0 Å². The predicted molar refractivity (Wildman–Crippen MR) is 112 cm³/mol. The van der Waals surface area contributed by atoms with Crippen molar-refractivity contribution < 1.29 is 24.4 Å². The van der Waals surface area contributed by atoms with Gasteiger partial charge in [0.15, 0.2) is 6.04 Å². The Balaban J connectivity index is 1.38. The van der Waals surface area contributed by atoms with Gasteiger partial charge in [-0.25, -0.2) is 9.69 Å². The van der Waals surface area contributed by atoms with Crippen LogP contribution >= 0.6 is 0 Å². The van der Waals surface area contributed by atoms with Crippen molar-refractivity contribution in [2.45, 2.75) is 25.8 Å². The standard InChI is InChI=1S/C23H23N3O4/c1-2-30-23(29)15-7-9-17(10-8-15)26-21(27)13-20(22(26)28)24-12-11-16-14-25-19-6-4-3-5-18(16)19/h3-10,14,20,24-25H,2,11-13H2,1H3/p+1/t20-/m1/s1. The molecule has 0 saturated carbocycles. The number of esters is 1. The number of para-hydroxylation sites is 1. The highest BCUT2D eigenvalue weighted by atomic mass is 16.5. The molecule has 7 heteroatoms. The first-order chi connectivity index (χ1) is 14.6. The summed E-state index contributed by atoms with van der Waals surface area (Å²) >= 11 is 0. The minimum atomic E-state index is -0.424. The van der Waals surface area contributed by atoms with E-state index in [1.54, 1.807) is 31.2 Å². The van der Waals surface area contributed by atoms with Crippen molar-refractivity contribution in [1.82, 2.24) is 4.98 Å². The lowest BCUT2D eigenvalue weighted by Gasteiger charge is -2.14. The number of fused-ring (bicyclic) bond motifs is 1. The Morgan fingerprint density at radius 1 is 1.17 bits per heavy atom. The maximum Gasteiger partial charge on any atom is 0.338 e. The van der Waals surface area contributed by atoms with Crippen molar-refractivity contribution >= 4 is 34.4 Å². The van der Waals surface area contributed by atoms with E-state index in [1.807, 2.05) is 29.7 Å². The summed E-state index contributed by atoms with van der Waals surface area (Å²) in [4.78, 5) is 41.5. The van der Waals surface area contributed by atoms with Crippen LogP contribution in [0.3, 0.4) is 0 Å². The maximum atomic E-state index is 12.8. The van der Waals surface area contributed by atoms with Crippen LogP contribution in [0.1, 0.15) is 29.3 Å². The van der Waals surface area contributed by atoms with Gasteiger partial charge in [-0.2, -0.15) is 0 Å². The number of imide groups is 1. The van der Waals surface area contributed by atoms with Gasteiger partial charge >= 0.3 is 5.97 Å². The molecular weight excluding hydrogens is 382 g/mol. The normalized spacial score (nSPS) is 16.4. The molecule has 30 heavy (non-hydrogen) atoms. The van der Waals surface area contributed by atoms with E-state index in [2.05, 4.69) is 11.1 Å². The minimum Gasteiger partial charge on any atom is -0.462 e. The molecule has 4 rings (SSSR count). The van der Waals surface area contributed by atoms with Gasteiger partial charge in [0.1, 0.15) is 0 Å². The van der Waals surface area contributed by atoms with Crippen LogP contribution in [0, 0.1) is 0 Å². The van der Waals surface area contributed by atoms with Crippen molar-refractivity contribution in [2.24, 2.45) is 0 Å². The second-order valence-corrected chi connectivity index (χ2v) is 7.28. The summed E-state index contributed by atoms with van der Waals surface area (Å²) < 4.78 is 4.96. The van der Waals surface area contributed by atoms with Gasteiger partial charge in [0.05, 0.1) is 30.8 Å². The third-order valence-corrected chi connectivity index (χ3v) is 5.36. The number of quaternary nitrogens is 1. The summed E-state index contributed by atoms with van der Waals surface area (Å²) in [6.07, 6.45) is 2.97. The fourth-order valence-electron chi connectivity index (χ4n) is 3.85. The lowest BCUT2D eigenvalue weighted by atomic mass is 10.1. The number of aromatic amines is 1. The molecule has 1 aromatic heterocycles. The van der Waals surface area contributed by atoms with Gasteiger partial charge in [-0.15, -0.1) is 0 Å². The molecule has 154 valence electrons. The number of hydrogen-bond donors (Lipinski definition) is 2. The Kier molecular flexibility index (Phi) is 5.63. The van der Waals surface area contributed by atoms with E-state index in [4.69, 9.17) is 4.74 Å². The highest BCUT2D eigenvalue weighted by Crippen LogP contribution is 2.22. The molecule has 0 bridgehead atoms. The van der Waals surface area contributed by atoms with Crippen molar-refractivity contribution in [3.8, 4) is 0 Å². The fourth-order valence-corrected chi connectivity index (χ4v) is 3.85. The number of carbonyl (C=O) groups excluding carboxylic acids is 3. The van der Waals surface area contributed by atoms with Crippen LogP contribution in [0.25, 0.3) is 10.9 Å². The molecule has 1 aliphatic heterocycles. The molecule has 0 unspecified atom stereocenters. The predicted octanol–water partition coefficient (Wildman–Crippen LogP) is 1.78. The first-order valence-electron chi connectivity index (χ1n) is 10.1. The van der Waals surface area contributed by atoms with E-state index in [9.17, 15) is 14.4 Å². The van der Waals surface area contributed by atoms with Gasteiger partial charge < -0.3 is 15.0 Å². The van der Waals surface area contributed by atoms with E-state index in [0.717, 1.165) is 11.9 Å². The Morgan fingerprint density at radius 3 is 2.70 bits per heavy atom. The van der Waals surface area contributed by atoms with Crippen molar-refractivity contribution in [3.63, 3.8) is 0 Å². The zero-order valence-corrected chi connectivity index (χ0v) is 16.8. The average molecular weight is 406 g/mol. The molecule has 2 amide bonds. The molecule has 2 heterocycles. The first-order valence-corrected chi connectivity index (χ1v) is 10.1. The third-order valence-electron chi connectivity index (χ3n) is 5.36. The van der Waals surface area contributed by atoms with Gasteiger partial charge in [-0.3, -0.25) is 9.59 Å².